The molecular formula is C16H19NO3. The van der Waals surface area contributed by atoms with E-state index in [2.05, 4.69) is 6.58 Å². The summed E-state index contributed by atoms with van der Waals surface area (Å²) >= 11 is 0. The first-order valence-electron chi connectivity index (χ1n) is 6.91. The quantitative estimate of drug-likeness (QED) is 0.613. The number of unbranched alkanes of at least 4 members (excludes halogenated alkanes) is 3. The average Bonchev–Trinajstić information content (AvgIpc) is 2.73. The highest BCUT2D eigenvalue weighted by Gasteiger charge is 2.27. The molecule has 4 nitrogen and oxygen atoms in total. The van der Waals surface area contributed by atoms with Crippen LogP contribution in [-0.2, 0) is 11.2 Å². The van der Waals surface area contributed by atoms with Crippen LogP contribution < -0.4 is 4.90 Å². The molecule has 0 radical (unpaired) electrons. The molecule has 0 aliphatic carbocycles. The lowest BCUT2D eigenvalue weighted by atomic mass is 10.1. The van der Waals surface area contributed by atoms with Crippen LogP contribution in [-0.4, -0.2) is 23.5 Å². The summed E-state index contributed by atoms with van der Waals surface area (Å²) in [5, 5.41) is 8.97. The van der Waals surface area contributed by atoms with Crippen molar-refractivity contribution in [3.05, 3.63) is 42.0 Å². The van der Waals surface area contributed by atoms with E-state index >= 15 is 0 Å². The van der Waals surface area contributed by atoms with Gasteiger partial charge in [-0.05, 0) is 43.0 Å². The second kappa shape index (κ2) is 6.37. The van der Waals surface area contributed by atoms with Gasteiger partial charge in [-0.25, -0.2) is 4.79 Å². The number of fused-ring (bicyclic) bond motifs is 1. The Morgan fingerprint density at radius 2 is 2.15 bits per heavy atom. The molecule has 4 heteroatoms. The molecule has 20 heavy (non-hydrogen) atoms. The minimum atomic E-state index is -0.955. The van der Waals surface area contributed by atoms with Crippen LogP contribution in [0.15, 0.2) is 30.9 Å². The van der Waals surface area contributed by atoms with Gasteiger partial charge in [-0.15, -0.1) is 6.58 Å². The molecule has 1 aliphatic rings. The maximum atomic E-state index is 12.0. The van der Waals surface area contributed by atoms with Crippen molar-refractivity contribution in [2.75, 3.05) is 11.4 Å². The van der Waals surface area contributed by atoms with Gasteiger partial charge in [0.25, 0.3) is 0 Å². The molecule has 106 valence electrons. The summed E-state index contributed by atoms with van der Waals surface area (Å²) in [5.41, 5.74) is 1.93. The van der Waals surface area contributed by atoms with Gasteiger partial charge in [-0.1, -0.05) is 12.5 Å². The van der Waals surface area contributed by atoms with Gasteiger partial charge in [0.15, 0.2) is 0 Å². The average molecular weight is 273 g/mol. The zero-order valence-electron chi connectivity index (χ0n) is 11.5. The van der Waals surface area contributed by atoms with Crippen molar-refractivity contribution in [2.24, 2.45) is 0 Å². The number of allylic oxidation sites excluding steroid dienone is 1. The van der Waals surface area contributed by atoms with Gasteiger partial charge in [0, 0.05) is 12.2 Å². The Morgan fingerprint density at radius 3 is 2.85 bits per heavy atom. The summed E-state index contributed by atoms with van der Waals surface area (Å²) in [6, 6.07) is 4.91. The van der Waals surface area contributed by atoms with Crippen molar-refractivity contribution in [3.8, 4) is 0 Å². The minimum absolute atomic E-state index is 0.0614. The van der Waals surface area contributed by atoms with Crippen molar-refractivity contribution in [3.63, 3.8) is 0 Å². The predicted molar refractivity (Wildman–Crippen MR) is 78.1 cm³/mol. The van der Waals surface area contributed by atoms with E-state index in [0.29, 0.717) is 13.0 Å². The van der Waals surface area contributed by atoms with Crippen molar-refractivity contribution >= 4 is 17.6 Å². The van der Waals surface area contributed by atoms with E-state index in [-0.39, 0.29) is 11.5 Å². The largest absolute Gasteiger partial charge is 0.478 e. The number of carbonyl (C=O) groups is 2. The highest BCUT2D eigenvalue weighted by Crippen LogP contribution is 2.30. The van der Waals surface area contributed by atoms with Crippen LogP contribution in [0, 0.1) is 0 Å². The second-order valence-electron chi connectivity index (χ2n) is 5.01. The first-order chi connectivity index (χ1) is 9.63. The molecule has 1 N–H and O–H groups in total. The number of anilines is 1. The van der Waals surface area contributed by atoms with Crippen molar-refractivity contribution < 1.29 is 14.7 Å². The molecule has 0 saturated carbocycles. The van der Waals surface area contributed by atoms with Crippen LogP contribution in [0.25, 0.3) is 0 Å². The molecule has 0 bridgehead atoms. The van der Waals surface area contributed by atoms with Crippen molar-refractivity contribution in [2.45, 2.75) is 32.1 Å². The number of hydrogen-bond donors (Lipinski definition) is 1. The van der Waals surface area contributed by atoms with E-state index < -0.39 is 5.97 Å². The monoisotopic (exact) mass is 273 g/mol. The van der Waals surface area contributed by atoms with Crippen LogP contribution in [0.4, 0.5) is 5.69 Å². The summed E-state index contributed by atoms with van der Waals surface area (Å²) < 4.78 is 0. The number of carboxylic acids is 1. The Morgan fingerprint density at radius 1 is 1.35 bits per heavy atom. The zero-order valence-corrected chi connectivity index (χ0v) is 11.5. The van der Waals surface area contributed by atoms with Gasteiger partial charge < -0.3 is 10.0 Å². The van der Waals surface area contributed by atoms with E-state index in [1.165, 1.54) is 0 Å². The highest BCUT2D eigenvalue weighted by molar-refractivity contribution is 6.02. The topological polar surface area (TPSA) is 57.6 Å². The number of carbonyl (C=O) groups excluding carboxylic acids is 1. The third-order valence-corrected chi connectivity index (χ3v) is 3.55. The lowest BCUT2D eigenvalue weighted by Gasteiger charge is -2.17. The number of benzene rings is 1. The molecule has 1 amide bonds. The number of amides is 1. The number of hydrogen-bond acceptors (Lipinski definition) is 2. The fourth-order valence-corrected chi connectivity index (χ4v) is 2.50. The molecule has 0 atom stereocenters. The summed E-state index contributed by atoms with van der Waals surface area (Å²) in [6.45, 7) is 4.39. The molecule has 1 aromatic rings. The van der Waals surface area contributed by atoms with E-state index in [9.17, 15) is 9.59 Å². The Kier molecular flexibility index (Phi) is 4.56. The molecule has 1 aromatic carbocycles. The molecule has 1 aliphatic heterocycles. The van der Waals surface area contributed by atoms with Gasteiger partial charge in [-0.2, -0.15) is 0 Å². The number of nitrogens with zero attached hydrogens (tertiary/aromatic N) is 1. The number of aromatic carboxylic acids is 1. The van der Waals surface area contributed by atoms with Crippen LogP contribution in [0.1, 0.15) is 41.6 Å². The molecule has 0 unspecified atom stereocenters. The standard InChI is InChI=1S/C16H19NO3/c1-2-3-4-5-6-9-17-14-8-7-12(16(19)20)10-13(14)11-15(17)18/h2,7-8,10H,1,3-6,9,11H2,(H,19,20). The molecule has 1 heterocycles. The fourth-order valence-electron chi connectivity index (χ4n) is 2.50. The summed E-state index contributed by atoms with van der Waals surface area (Å²) in [4.78, 5) is 24.7. The van der Waals surface area contributed by atoms with Crippen molar-refractivity contribution in [1.29, 1.82) is 0 Å². The Labute approximate surface area is 118 Å². The van der Waals surface area contributed by atoms with E-state index in [1.807, 2.05) is 6.08 Å². The van der Waals surface area contributed by atoms with E-state index in [1.54, 1.807) is 23.1 Å². The predicted octanol–water partition coefficient (Wildman–Crippen LogP) is 3.02. The zero-order chi connectivity index (χ0) is 14.5. The maximum Gasteiger partial charge on any atom is 0.335 e. The molecule has 0 saturated heterocycles. The summed E-state index contributed by atoms with van der Waals surface area (Å²) in [6.07, 6.45) is 6.34. The normalized spacial score (nSPS) is 13.4. The Bertz CT molecular complexity index is 537. The number of rotatable bonds is 7. The van der Waals surface area contributed by atoms with E-state index in [0.717, 1.165) is 36.9 Å². The first kappa shape index (κ1) is 14.3. The third kappa shape index (κ3) is 3.07. The molecule has 2 rings (SSSR count). The SMILES string of the molecule is C=CCCCCCN1C(=O)Cc2cc(C(=O)O)ccc21. The van der Waals surface area contributed by atoms with Gasteiger partial charge in [0.05, 0.1) is 12.0 Å². The van der Waals surface area contributed by atoms with Gasteiger partial charge in [-0.3, -0.25) is 4.79 Å². The third-order valence-electron chi connectivity index (χ3n) is 3.55. The molecule has 0 fully saturated rings. The highest BCUT2D eigenvalue weighted by atomic mass is 16.4. The van der Waals surface area contributed by atoms with Crippen LogP contribution in [0.5, 0.6) is 0 Å². The van der Waals surface area contributed by atoms with Gasteiger partial charge in [0.2, 0.25) is 5.91 Å². The van der Waals surface area contributed by atoms with E-state index in [4.69, 9.17) is 5.11 Å². The van der Waals surface area contributed by atoms with Crippen molar-refractivity contribution in [1.82, 2.24) is 0 Å². The lowest BCUT2D eigenvalue weighted by molar-refractivity contribution is -0.117. The van der Waals surface area contributed by atoms with Crippen LogP contribution in [0.2, 0.25) is 0 Å². The lowest BCUT2D eigenvalue weighted by Crippen LogP contribution is -2.27. The fraction of sp³-hybridized carbons (Fsp3) is 0.375. The maximum absolute atomic E-state index is 12.0. The summed E-state index contributed by atoms with van der Waals surface area (Å²) in [7, 11) is 0. The molecule has 0 spiro atoms. The summed E-state index contributed by atoms with van der Waals surface area (Å²) in [5.74, 6) is -0.894. The number of carboxylic acid groups (broad SMARTS) is 1. The smallest absolute Gasteiger partial charge is 0.335 e. The Hall–Kier alpha value is -2.10. The van der Waals surface area contributed by atoms with Gasteiger partial charge >= 0.3 is 5.97 Å². The second-order valence-corrected chi connectivity index (χ2v) is 5.01. The first-order valence-corrected chi connectivity index (χ1v) is 6.91. The molecule has 0 aromatic heterocycles. The molecular weight excluding hydrogens is 254 g/mol. The van der Waals surface area contributed by atoms with Crippen LogP contribution in [0.3, 0.4) is 0 Å². The Balaban J connectivity index is 2.01. The minimum Gasteiger partial charge on any atom is -0.478 e. The van der Waals surface area contributed by atoms with Gasteiger partial charge in [0.1, 0.15) is 0 Å². The van der Waals surface area contributed by atoms with Crippen LogP contribution >= 0.6 is 0 Å².